The zero-order valence-electron chi connectivity index (χ0n) is 17.3. The van der Waals surface area contributed by atoms with Crippen LogP contribution >= 0.6 is 23.1 Å². The van der Waals surface area contributed by atoms with Crippen LogP contribution in [0.2, 0.25) is 0 Å². The molecule has 2 aromatic heterocycles. The Bertz CT molecular complexity index is 1130. The lowest BCUT2D eigenvalue weighted by atomic mass is 9.77. The van der Waals surface area contributed by atoms with Crippen molar-refractivity contribution >= 4 is 51.3 Å². The van der Waals surface area contributed by atoms with Gasteiger partial charge in [0.2, 0.25) is 22.1 Å². The fourth-order valence-corrected chi connectivity index (χ4v) is 6.86. The number of fused-ring (bicyclic) bond motifs is 2. The highest BCUT2D eigenvalue weighted by atomic mass is 32.2. The van der Waals surface area contributed by atoms with Gasteiger partial charge in [-0.05, 0) is 6.92 Å². The number of thioether (sulfide) groups is 1. The number of carboxylic acid groups (broad SMARTS) is 1. The third-order valence-electron chi connectivity index (χ3n) is 5.76. The predicted octanol–water partition coefficient (Wildman–Crippen LogP) is -0.156. The van der Waals surface area contributed by atoms with Crippen molar-refractivity contribution in [1.29, 1.82) is 0 Å². The van der Waals surface area contributed by atoms with E-state index in [2.05, 4.69) is 4.99 Å². The molecule has 10 nitrogen and oxygen atoms in total. The Morgan fingerprint density at radius 1 is 1.45 bits per heavy atom. The molecule has 166 valence electrons. The number of nitrogens with zero attached hydrogens (tertiary/aromatic N) is 4. The van der Waals surface area contributed by atoms with E-state index in [1.807, 2.05) is 35.5 Å². The predicted molar refractivity (Wildman–Crippen MR) is 117 cm³/mol. The molecule has 6 N–H and O–H groups in total. The van der Waals surface area contributed by atoms with Crippen LogP contribution in [0.5, 0.6) is 0 Å². The fraction of sp³-hybridized carbons (Fsp3) is 0.474. The lowest BCUT2D eigenvalue weighted by Gasteiger charge is -2.46. The number of amides is 1. The molecule has 0 aromatic carbocycles. The Balaban J connectivity index is 1.70. The summed E-state index contributed by atoms with van der Waals surface area (Å²) in [5, 5.41) is 20.9. The van der Waals surface area contributed by atoms with Crippen LogP contribution in [0, 0.1) is 11.8 Å². The van der Waals surface area contributed by atoms with Gasteiger partial charge in [-0.25, -0.2) is 9.36 Å². The molecule has 0 aliphatic carbocycles. The summed E-state index contributed by atoms with van der Waals surface area (Å²) in [5.74, 6) is -1.48. The van der Waals surface area contributed by atoms with Gasteiger partial charge in [0, 0.05) is 17.2 Å². The van der Waals surface area contributed by atoms with E-state index in [9.17, 15) is 19.8 Å². The number of aryl methyl sites for hydroxylation is 1. The highest BCUT2D eigenvalue weighted by Gasteiger charge is 2.60. The minimum Gasteiger partial charge on any atom is -0.477 e. The summed E-state index contributed by atoms with van der Waals surface area (Å²) in [4.78, 5) is 31.8. The minimum atomic E-state index is -1.13. The fourth-order valence-electron chi connectivity index (χ4n) is 4.50. The van der Waals surface area contributed by atoms with Crippen LogP contribution in [-0.2, 0) is 16.6 Å². The number of aliphatic hydroxyl groups is 1. The molecular weight excluding hydrogens is 440 g/mol. The van der Waals surface area contributed by atoms with Crippen LogP contribution in [0.3, 0.4) is 0 Å². The van der Waals surface area contributed by atoms with Gasteiger partial charge in [0.1, 0.15) is 11.9 Å². The van der Waals surface area contributed by atoms with Crippen molar-refractivity contribution in [2.75, 3.05) is 12.3 Å². The van der Waals surface area contributed by atoms with Gasteiger partial charge < -0.3 is 26.6 Å². The second kappa shape index (κ2) is 7.84. The molecule has 0 spiro atoms. The summed E-state index contributed by atoms with van der Waals surface area (Å²) >= 11 is 3.10. The number of carbonyl (C=O) groups excluding carboxylic acids is 1. The summed E-state index contributed by atoms with van der Waals surface area (Å²) in [5.41, 5.74) is 11.4. The number of imidazole rings is 1. The van der Waals surface area contributed by atoms with Crippen molar-refractivity contribution in [3.8, 4) is 0 Å². The van der Waals surface area contributed by atoms with Crippen molar-refractivity contribution < 1.29 is 24.4 Å². The topological polar surface area (TPSA) is 151 Å². The summed E-state index contributed by atoms with van der Waals surface area (Å²) in [6.45, 7) is 3.99. The van der Waals surface area contributed by atoms with E-state index >= 15 is 0 Å². The number of carbonyl (C=O) groups is 2. The van der Waals surface area contributed by atoms with Crippen LogP contribution in [0.25, 0.3) is 10.4 Å². The van der Waals surface area contributed by atoms with E-state index in [0.29, 0.717) is 17.9 Å². The SMILES string of the molecule is C[C@@H](O)[C@H]1C(=O)N2C(C(=O)O)=C(c3cn4c[n+](C)c(SCCN=C(N)N)c4s3)[C@H](C)[C@H]12. The molecule has 4 rings (SSSR count). The number of carboxylic acids is 1. The number of guanidine groups is 1. The molecule has 1 fully saturated rings. The van der Waals surface area contributed by atoms with E-state index < -0.39 is 18.0 Å². The van der Waals surface area contributed by atoms with Gasteiger partial charge in [-0.1, -0.05) is 30.0 Å². The molecule has 0 unspecified atom stereocenters. The third-order valence-corrected chi connectivity index (χ3v) is 8.18. The highest BCUT2D eigenvalue weighted by Crippen LogP contribution is 2.51. The number of aromatic nitrogens is 2. The quantitative estimate of drug-likeness (QED) is 0.111. The van der Waals surface area contributed by atoms with Crippen LogP contribution in [0.15, 0.2) is 28.2 Å². The van der Waals surface area contributed by atoms with Gasteiger partial charge >= 0.3 is 5.97 Å². The molecule has 0 radical (unpaired) electrons. The first-order valence-corrected chi connectivity index (χ1v) is 11.6. The molecule has 2 aromatic rings. The van der Waals surface area contributed by atoms with E-state index in [-0.39, 0.29) is 29.5 Å². The maximum Gasteiger partial charge on any atom is 0.352 e. The Morgan fingerprint density at radius 3 is 2.77 bits per heavy atom. The normalized spacial score (nSPS) is 23.8. The van der Waals surface area contributed by atoms with Crippen LogP contribution in [0.1, 0.15) is 18.7 Å². The molecule has 1 saturated heterocycles. The smallest absolute Gasteiger partial charge is 0.352 e. The first kappa shape index (κ1) is 21.7. The maximum atomic E-state index is 12.6. The number of hydrogen-bond acceptors (Lipinski definition) is 6. The number of nitrogens with two attached hydrogens (primary N) is 2. The summed E-state index contributed by atoms with van der Waals surface area (Å²) < 4.78 is 3.96. The maximum absolute atomic E-state index is 12.6. The largest absolute Gasteiger partial charge is 0.477 e. The first-order valence-electron chi connectivity index (χ1n) is 9.80. The molecule has 4 atom stereocenters. The van der Waals surface area contributed by atoms with E-state index in [1.165, 1.54) is 16.2 Å². The van der Waals surface area contributed by atoms with E-state index in [1.54, 1.807) is 18.7 Å². The van der Waals surface area contributed by atoms with Crippen molar-refractivity contribution in [3.63, 3.8) is 0 Å². The molecule has 0 saturated carbocycles. The standard InChI is InChI=1S/C19H24N6O4S2/c1-8-11(14(18(28)29)25-13(8)12(9(2)26)15(25)27)10-6-24-7-23(3)16(17(24)31-10)30-5-4-22-19(20)21/h6-9,12-13,26H,4-5H2,1-3H3,(H4-,20,21,22,28,29)/p+1/t8-,9+,12+,13+/m0/s1. The van der Waals surface area contributed by atoms with Crippen LogP contribution < -0.4 is 16.0 Å². The average Bonchev–Trinajstić information content (AvgIpc) is 3.26. The van der Waals surface area contributed by atoms with Crippen LogP contribution in [0.4, 0.5) is 0 Å². The number of aliphatic hydroxyl groups excluding tert-OH is 1. The molecule has 1 amide bonds. The summed E-state index contributed by atoms with van der Waals surface area (Å²) in [7, 11) is 1.94. The number of rotatable bonds is 7. The number of β-lactam (4-membered cyclic amide) rings is 1. The van der Waals surface area contributed by atoms with Crippen LogP contribution in [-0.4, -0.2) is 61.8 Å². The molecule has 2 aliphatic heterocycles. The van der Waals surface area contributed by atoms with Gasteiger partial charge in [0.15, 0.2) is 5.96 Å². The van der Waals surface area contributed by atoms with Gasteiger partial charge in [-0.3, -0.25) is 9.79 Å². The van der Waals surface area contributed by atoms with Crippen molar-refractivity contribution in [2.45, 2.75) is 31.0 Å². The molecule has 4 heterocycles. The molecular formula is C19H25N6O4S2+. The summed E-state index contributed by atoms with van der Waals surface area (Å²) in [6, 6.07) is -0.334. The number of thiazole rings is 1. The first-order chi connectivity index (χ1) is 14.6. The number of hydrogen-bond donors (Lipinski definition) is 4. The van der Waals surface area contributed by atoms with Gasteiger partial charge in [-0.2, -0.15) is 4.40 Å². The third kappa shape index (κ3) is 3.38. The van der Waals surface area contributed by atoms with Gasteiger partial charge in [0.05, 0.1) is 36.5 Å². The van der Waals surface area contributed by atoms with Crippen molar-refractivity contribution in [1.82, 2.24) is 9.30 Å². The molecule has 0 bridgehead atoms. The average molecular weight is 466 g/mol. The Kier molecular flexibility index (Phi) is 5.48. The monoisotopic (exact) mass is 465 g/mol. The lowest BCUT2D eigenvalue weighted by Crippen LogP contribution is -2.63. The second-order valence-corrected chi connectivity index (χ2v) is 9.93. The van der Waals surface area contributed by atoms with Crippen molar-refractivity contribution in [3.05, 3.63) is 23.1 Å². The highest BCUT2D eigenvalue weighted by molar-refractivity contribution is 7.99. The lowest BCUT2D eigenvalue weighted by molar-refractivity contribution is -0.705. The van der Waals surface area contributed by atoms with E-state index in [4.69, 9.17) is 11.5 Å². The zero-order valence-corrected chi connectivity index (χ0v) is 19.0. The van der Waals surface area contributed by atoms with Gasteiger partial charge in [0.25, 0.3) is 0 Å². The molecule has 12 heteroatoms. The number of aliphatic imine (C=N–C) groups is 1. The molecule has 2 aliphatic rings. The van der Waals surface area contributed by atoms with Crippen molar-refractivity contribution in [2.24, 2.45) is 35.3 Å². The zero-order chi connectivity index (χ0) is 22.6. The Morgan fingerprint density at radius 2 is 2.16 bits per heavy atom. The Hall–Kier alpha value is -2.57. The number of aliphatic carboxylic acids is 1. The Labute approximate surface area is 186 Å². The summed E-state index contributed by atoms with van der Waals surface area (Å²) in [6.07, 6.45) is 3.01. The van der Waals surface area contributed by atoms with Gasteiger partial charge in [-0.15, -0.1) is 0 Å². The second-order valence-electron chi connectivity index (χ2n) is 7.82. The minimum absolute atomic E-state index is 0.0234. The molecule has 31 heavy (non-hydrogen) atoms. The van der Waals surface area contributed by atoms with E-state index in [0.717, 1.165) is 14.7 Å².